The maximum absolute atomic E-state index is 14.0. The van der Waals surface area contributed by atoms with Crippen LogP contribution in [0.5, 0.6) is 5.75 Å². The standard InChI is InChI=1S/C14H13F5O/c1-2-3-8-4-5-10-9(6-8)7-11(15)13(12(10)16)20-14(17,18)19/h4,7H,2-3,5-6H2,1H3. The van der Waals surface area contributed by atoms with Gasteiger partial charge in [0.2, 0.25) is 5.75 Å². The van der Waals surface area contributed by atoms with Gasteiger partial charge in [0.1, 0.15) is 0 Å². The highest BCUT2D eigenvalue weighted by atomic mass is 19.4. The van der Waals surface area contributed by atoms with Crippen LogP contribution < -0.4 is 4.74 Å². The summed E-state index contributed by atoms with van der Waals surface area (Å²) in [7, 11) is 0. The molecule has 0 unspecified atom stereocenters. The molecule has 1 aromatic rings. The van der Waals surface area contributed by atoms with Crippen molar-refractivity contribution in [2.45, 2.75) is 39.0 Å². The Bertz CT molecular complexity index is 545. The van der Waals surface area contributed by atoms with Crippen LogP contribution in [0.1, 0.15) is 30.9 Å². The lowest BCUT2D eigenvalue weighted by Crippen LogP contribution is -2.20. The molecule has 0 saturated heterocycles. The fraction of sp³-hybridized carbons (Fsp3) is 0.429. The predicted octanol–water partition coefficient (Wildman–Crippen LogP) is 4.69. The normalized spacial score (nSPS) is 14.8. The fourth-order valence-electron chi connectivity index (χ4n) is 2.35. The number of allylic oxidation sites excluding steroid dienone is 2. The maximum Gasteiger partial charge on any atom is 0.573 e. The van der Waals surface area contributed by atoms with Crippen LogP contribution in [-0.4, -0.2) is 6.36 Å². The van der Waals surface area contributed by atoms with Gasteiger partial charge < -0.3 is 4.74 Å². The average molecular weight is 292 g/mol. The number of halogens is 5. The minimum atomic E-state index is -5.12. The molecule has 1 aliphatic rings. The van der Waals surface area contributed by atoms with Crippen molar-refractivity contribution in [3.05, 3.63) is 40.5 Å². The Morgan fingerprint density at radius 2 is 1.95 bits per heavy atom. The van der Waals surface area contributed by atoms with Gasteiger partial charge in [0.25, 0.3) is 0 Å². The summed E-state index contributed by atoms with van der Waals surface area (Å²) in [5.41, 5.74) is 1.51. The molecule has 1 aliphatic carbocycles. The van der Waals surface area contributed by atoms with E-state index in [1.54, 1.807) is 6.08 Å². The zero-order chi connectivity index (χ0) is 14.9. The van der Waals surface area contributed by atoms with E-state index in [0.29, 0.717) is 12.0 Å². The highest BCUT2D eigenvalue weighted by molar-refractivity contribution is 5.44. The highest BCUT2D eigenvalue weighted by Gasteiger charge is 2.35. The van der Waals surface area contributed by atoms with Gasteiger partial charge in [-0.25, -0.2) is 8.78 Å². The largest absolute Gasteiger partial charge is 0.573 e. The number of rotatable bonds is 3. The number of alkyl halides is 3. The number of hydrogen-bond donors (Lipinski definition) is 0. The first-order valence-electron chi connectivity index (χ1n) is 6.25. The monoisotopic (exact) mass is 292 g/mol. The van der Waals surface area contributed by atoms with Gasteiger partial charge in [-0.3, -0.25) is 0 Å². The van der Waals surface area contributed by atoms with Crippen molar-refractivity contribution in [3.8, 4) is 5.75 Å². The predicted molar refractivity (Wildman–Crippen MR) is 63.4 cm³/mol. The molecule has 0 atom stereocenters. The van der Waals surface area contributed by atoms with E-state index in [-0.39, 0.29) is 12.0 Å². The molecule has 0 amide bonds. The third-order valence-corrected chi connectivity index (χ3v) is 3.17. The first kappa shape index (κ1) is 14.8. The Morgan fingerprint density at radius 1 is 1.25 bits per heavy atom. The van der Waals surface area contributed by atoms with E-state index < -0.39 is 23.7 Å². The molecule has 1 aromatic carbocycles. The van der Waals surface area contributed by atoms with Crippen molar-refractivity contribution >= 4 is 0 Å². The first-order chi connectivity index (χ1) is 9.31. The first-order valence-corrected chi connectivity index (χ1v) is 6.25. The summed E-state index contributed by atoms with van der Waals surface area (Å²) in [6.45, 7) is 1.98. The van der Waals surface area contributed by atoms with Gasteiger partial charge in [-0.05, 0) is 36.5 Å². The number of fused-ring (bicyclic) bond motifs is 1. The van der Waals surface area contributed by atoms with Crippen molar-refractivity contribution in [1.82, 2.24) is 0 Å². The van der Waals surface area contributed by atoms with Gasteiger partial charge in [0.15, 0.2) is 11.6 Å². The van der Waals surface area contributed by atoms with E-state index in [1.165, 1.54) is 0 Å². The van der Waals surface area contributed by atoms with E-state index >= 15 is 0 Å². The molecule has 0 radical (unpaired) electrons. The smallest absolute Gasteiger partial charge is 0.399 e. The van der Waals surface area contributed by atoms with Gasteiger partial charge in [-0.15, -0.1) is 13.2 Å². The minimum Gasteiger partial charge on any atom is -0.399 e. The van der Waals surface area contributed by atoms with E-state index in [2.05, 4.69) is 4.74 Å². The van der Waals surface area contributed by atoms with Crippen LogP contribution in [0.15, 0.2) is 17.7 Å². The lowest BCUT2D eigenvalue weighted by molar-refractivity contribution is -0.276. The van der Waals surface area contributed by atoms with Crippen molar-refractivity contribution in [2.75, 3.05) is 0 Å². The van der Waals surface area contributed by atoms with Crippen LogP contribution in [0.2, 0.25) is 0 Å². The molecule has 0 bridgehead atoms. The van der Waals surface area contributed by atoms with Crippen molar-refractivity contribution in [3.63, 3.8) is 0 Å². The highest BCUT2D eigenvalue weighted by Crippen LogP contribution is 2.35. The van der Waals surface area contributed by atoms with Crippen LogP contribution in [0.4, 0.5) is 22.0 Å². The third-order valence-electron chi connectivity index (χ3n) is 3.17. The Labute approximate surface area is 113 Å². The Kier molecular flexibility index (Phi) is 4.01. The summed E-state index contributed by atoms with van der Waals surface area (Å²) < 4.78 is 67.4. The quantitative estimate of drug-likeness (QED) is 0.580. The van der Waals surface area contributed by atoms with Crippen molar-refractivity contribution in [1.29, 1.82) is 0 Å². The SMILES string of the molecule is CCCC1=CCc2c(cc(F)c(OC(F)(F)F)c2F)C1. The van der Waals surface area contributed by atoms with Gasteiger partial charge in [-0.2, -0.15) is 0 Å². The molecular formula is C14H13F5O. The molecule has 20 heavy (non-hydrogen) atoms. The number of benzene rings is 1. The van der Waals surface area contributed by atoms with Crippen LogP contribution in [-0.2, 0) is 12.8 Å². The van der Waals surface area contributed by atoms with Gasteiger partial charge in [0, 0.05) is 0 Å². The Morgan fingerprint density at radius 3 is 2.55 bits per heavy atom. The second-order valence-electron chi connectivity index (χ2n) is 4.68. The molecule has 0 saturated carbocycles. The lowest BCUT2D eigenvalue weighted by atomic mass is 9.89. The summed E-state index contributed by atoms with van der Waals surface area (Å²) in [6.07, 6.45) is -1.10. The third kappa shape index (κ3) is 3.11. The molecule has 0 heterocycles. The minimum absolute atomic E-state index is 0.0745. The molecule has 0 fully saturated rings. The topological polar surface area (TPSA) is 9.23 Å². The van der Waals surface area contributed by atoms with E-state index in [4.69, 9.17) is 0 Å². The molecule has 0 aliphatic heterocycles. The van der Waals surface area contributed by atoms with Crippen molar-refractivity contribution < 1.29 is 26.7 Å². The average Bonchev–Trinajstić information content (AvgIpc) is 2.33. The van der Waals surface area contributed by atoms with Crippen molar-refractivity contribution in [2.24, 2.45) is 0 Å². The summed E-state index contributed by atoms with van der Waals surface area (Å²) in [5, 5.41) is 0. The molecule has 6 heteroatoms. The second kappa shape index (κ2) is 5.42. The number of ether oxygens (including phenoxy) is 1. The van der Waals surface area contributed by atoms with Crippen LogP contribution in [0.25, 0.3) is 0 Å². The summed E-state index contributed by atoms with van der Waals surface area (Å²) in [5.74, 6) is -3.95. The second-order valence-corrected chi connectivity index (χ2v) is 4.68. The molecule has 0 N–H and O–H groups in total. The molecule has 1 nitrogen and oxygen atoms in total. The summed E-state index contributed by atoms with van der Waals surface area (Å²) in [6, 6.07) is 0.933. The zero-order valence-corrected chi connectivity index (χ0v) is 10.8. The van der Waals surface area contributed by atoms with E-state index in [0.717, 1.165) is 24.5 Å². The molecular weight excluding hydrogens is 279 g/mol. The molecule has 2 rings (SSSR count). The maximum atomic E-state index is 14.0. The molecule has 110 valence electrons. The van der Waals surface area contributed by atoms with Crippen LogP contribution >= 0.6 is 0 Å². The lowest BCUT2D eigenvalue weighted by Gasteiger charge is -2.20. The van der Waals surface area contributed by atoms with Gasteiger partial charge in [-0.1, -0.05) is 25.0 Å². The van der Waals surface area contributed by atoms with E-state index in [9.17, 15) is 22.0 Å². The van der Waals surface area contributed by atoms with Gasteiger partial charge in [0.05, 0.1) is 0 Å². The summed E-state index contributed by atoms with van der Waals surface area (Å²) >= 11 is 0. The zero-order valence-electron chi connectivity index (χ0n) is 10.8. The van der Waals surface area contributed by atoms with Gasteiger partial charge >= 0.3 is 6.36 Å². The Hall–Kier alpha value is -1.59. The molecule has 0 aromatic heterocycles. The van der Waals surface area contributed by atoms with Crippen LogP contribution in [0.3, 0.4) is 0 Å². The van der Waals surface area contributed by atoms with E-state index in [1.807, 2.05) is 6.92 Å². The fourth-order valence-corrected chi connectivity index (χ4v) is 2.35. The van der Waals surface area contributed by atoms with Crippen LogP contribution in [0, 0.1) is 11.6 Å². The number of hydrogen-bond acceptors (Lipinski definition) is 1. The summed E-state index contributed by atoms with van der Waals surface area (Å²) in [4.78, 5) is 0. The molecule has 0 spiro atoms. The Balaban J connectivity index is 2.36.